The van der Waals surface area contributed by atoms with E-state index in [1.165, 1.54) is 4.31 Å². The van der Waals surface area contributed by atoms with Gasteiger partial charge in [0, 0.05) is 13.1 Å². The third-order valence-electron chi connectivity index (χ3n) is 2.08. The van der Waals surface area contributed by atoms with Crippen LogP contribution in [-0.2, 0) is 10.0 Å². The maximum absolute atomic E-state index is 11.8. The molecule has 0 aliphatic carbocycles. The lowest BCUT2D eigenvalue weighted by atomic mass is 10.5. The van der Waals surface area contributed by atoms with Gasteiger partial charge in [-0.2, -0.15) is 4.31 Å². The second-order valence-electron chi connectivity index (χ2n) is 3.26. The van der Waals surface area contributed by atoms with Crippen LogP contribution in [0.1, 0.15) is 20.3 Å². The van der Waals surface area contributed by atoms with Crippen LogP contribution in [0.15, 0.2) is 12.7 Å². The zero-order valence-electron chi connectivity index (χ0n) is 9.70. The van der Waals surface area contributed by atoms with Gasteiger partial charge in [0.25, 0.3) is 0 Å². The minimum Gasteiger partial charge on any atom is -0.317 e. The van der Waals surface area contributed by atoms with Crippen molar-refractivity contribution in [3.63, 3.8) is 0 Å². The molecule has 0 bridgehead atoms. The molecule has 4 nitrogen and oxygen atoms in total. The fourth-order valence-electron chi connectivity index (χ4n) is 1.27. The van der Waals surface area contributed by atoms with Crippen LogP contribution in [0.4, 0.5) is 0 Å². The number of nitrogens with zero attached hydrogens (tertiary/aromatic N) is 1. The quantitative estimate of drug-likeness (QED) is 0.475. The molecule has 0 aliphatic heterocycles. The monoisotopic (exact) mass is 234 g/mol. The maximum atomic E-state index is 11.8. The van der Waals surface area contributed by atoms with Gasteiger partial charge in [-0.3, -0.25) is 0 Å². The Morgan fingerprint density at radius 1 is 1.40 bits per heavy atom. The first-order chi connectivity index (χ1) is 7.08. The third kappa shape index (κ3) is 5.92. The predicted molar refractivity (Wildman–Crippen MR) is 64.4 cm³/mol. The van der Waals surface area contributed by atoms with Gasteiger partial charge >= 0.3 is 0 Å². The Balaban J connectivity index is 4.08. The van der Waals surface area contributed by atoms with Crippen molar-refractivity contribution in [1.82, 2.24) is 9.62 Å². The van der Waals surface area contributed by atoms with Gasteiger partial charge in [0.2, 0.25) is 10.0 Å². The van der Waals surface area contributed by atoms with E-state index in [9.17, 15) is 8.42 Å². The van der Waals surface area contributed by atoms with E-state index in [1.54, 1.807) is 6.08 Å². The Morgan fingerprint density at radius 2 is 2.07 bits per heavy atom. The maximum Gasteiger partial charge on any atom is 0.214 e. The SMILES string of the molecule is C=CCN(CC)S(=O)(=O)CCCNCC. The Kier molecular flexibility index (Phi) is 7.64. The lowest BCUT2D eigenvalue weighted by Crippen LogP contribution is -2.34. The molecule has 0 unspecified atom stereocenters. The molecule has 0 spiro atoms. The summed E-state index contributed by atoms with van der Waals surface area (Å²) >= 11 is 0. The molecule has 0 fully saturated rings. The molecular formula is C10H22N2O2S. The van der Waals surface area contributed by atoms with Crippen molar-refractivity contribution in [2.45, 2.75) is 20.3 Å². The van der Waals surface area contributed by atoms with E-state index >= 15 is 0 Å². The minimum atomic E-state index is -3.09. The van der Waals surface area contributed by atoms with E-state index in [4.69, 9.17) is 0 Å². The summed E-state index contributed by atoms with van der Waals surface area (Å²) in [6, 6.07) is 0. The molecular weight excluding hydrogens is 212 g/mol. The lowest BCUT2D eigenvalue weighted by Gasteiger charge is -2.18. The smallest absolute Gasteiger partial charge is 0.214 e. The molecule has 15 heavy (non-hydrogen) atoms. The standard InChI is InChI=1S/C10H22N2O2S/c1-4-9-12(6-3)15(13,14)10-7-8-11-5-2/h4,11H,1,5-10H2,2-3H3. The molecule has 0 heterocycles. The van der Waals surface area contributed by atoms with Crippen LogP contribution in [-0.4, -0.2) is 44.7 Å². The third-order valence-corrected chi connectivity index (χ3v) is 4.08. The van der Waals surface area contributed by atoms with Gasteiger partial charge in [-0.15, -0.1) is 6.58 Å². The van der Waals surface area contributed by atoms with E-state index < -0.39 is 10.0 Å². The van der Waals surface area contributed by atoms with Crippen molar-refractivity contribution in [3.8, 4) is 0 Å². The Bertz CT molecular complexity index is 263. The van der Waals surface area contributed by atoms with Crippen LogP contribution in [0.5, 0.6) is 0 Å². The lowest BCUT2D eigenvalue weighted by molar-refractivity contribution is 0.458. The molecule has 5 heteroatoms. The summed E-state index contributed by atoms with van der Waals surface area (Å²) in [5.41, 5.74) is 0. The zero-order valence-corrected chi connectivity index (χ0v) is 10.5. The number of nitrogens with one attached hydrogen (secondary N) is 1. The highest BCUT2D eigenvalue weighted by atomic mass is 32.2. The van der Waals surface area contributed by atoms with Gasteiger partial charge in [0.05, 0.1) is 5.75 Å². The van der Waals surface area contributed by atoms with E-state index in [1.807, 2.05) is 13.8 Å². The Labute approximate surface area is 93.4 Å². The largest absolute Gasteiger partial charge is 0.317 e. The van der Waals surface area contributed by atoms with E-state index in [2.05, 4.69) is 11.9 Å². The summed E-state index contributed by atoms with van der Waals surface area (Å²) in [6.45, 7) is 9.94. The van der Waals surface area contributed by atoms with Crippen molar-refractivity contribution in [3.05, 3.63) is 12.7 Å². The van der Waals surface area contributed by atoms with Crippen LogP contribution in [0.25, 0.3) is 0 Å². The van der Waals surface area contributed by atoms with Gasteiger partial charge in [0.1, 0.15) is 0 Å². The van der Waals surface area contributed by atoms with Gasteiger partial charge in [-0.05, 0) is 19.5 Å². The molecule has 0 radical (unpaired) electrons. The average Bonchev–Trinajstić information content (AvgIpc) is 2.20. The number of likely N-dealkylation sites (N-methyl/N-ethyl adjacent to an activating group) is 1. The molecule has 90 valence electrons. The van der Waals surface area contributed by atoms with Gasteiger partial charge < -0.3 is 5.32 Å². The molecule has 0 aromatic carbocycles. The summed E-state index contributed by atoms with van der Waals surface area (Å²) in [4.78, 5) is 0. The highest BCUT2D eigenvalue weighted by molar-refractivity contribution is 7.89. The first-order valence-electron chi connectivity index (χ1n) is 5.37. The summed E-state index contributed by atoms with van der Waals surface area (Å²) in [6.07, 6.45) is 2.27. The first kappa shape index (κ1) is 14.6. The number of hydrogen-bond acceptors (Lipinski definition) is 3. The van der Waals surface area contributed by atoms with Crippen LogP contribution in [0, 0.1) is 0 Å². The zero-order chi connectivity index (χ0) is 11.7. The summed E-state index contributed by atoms with van der Waals surface area (Å²) in [5, 5.41) is 3.11. The highest BCUT2D eigenvalue weighted by Crippen LogP contribution is 2.02. The van der Waals surface area contributed by atoms with Crippen LogP contribution < -0.4 is 5.32 Å². The van der Waals surface area contributed by atoms with Gasteiger partial charge in [0.15, 0.2) is 0 Å². The molecule has 0 aliphatic rings. The molecule has 0 saturated carbocycles. The average molecular weight is 234 g/mol. The number of rotatable bonds is 9. The number of hydrogen-bond donors (Lipinski definition) is 1. The van der Waals surface area contributed by atoms with Crippen molar-refractivity contribution < 1.29 is 8.42 Å². The number of sulfonamides is 1. The van der Waals surface area contributed by atoms with E-state index in [-0.39, 0.29) is 5.75 Å². The van der Waals surface area contributed by atoms with E-state index in [0.29, 0.717) is 19.5 Å². The van der Waals surface area contributed by atoms with Gasteiger partial charge in [-0.25, -0.2) is 8.42 Å². The van der Waals surface area contributed by atoms with Crippen molar-refractivity contribution in [1.29, 1.82) is 0 Å². The fourth-order valence-corrected chi connectivity index (χ4v) is 2.76. The van der Waals surface area contributed by atoms with Crippen LogP contribution >= 0.6 is 0 Å². The molecule has 0 atom stereocenters. The van der Waals surface area contributed by atoms with Crippen molar-refractivity contribution >= 4 is 10.0 Å². The van der Waals surface area contributed by atoms with E-state index in [0.717, 1.165) is 13.1 Å². The predicted octanol–water partition coefficient (Wildman–Crippen LogP) is 0.824. The minimum absolute atomic E-state index is 0.210. The van der Waals surface area contributed by atoms with Crippen molar-refractivity contribution in [2.75, 3.05) is 31.9 Å². The molecule has 0 saturated heterocycles. The molecule has 0 amide bonds. The summed E-state index contributed by atoms with van der Waals surface area (Å²) < 4.78 is 25.0. The Hall–Kier alpha value is -0.390. The molecule has 0 aromatic rings. The summed E-state index contributed by atoms with van der Waals surface area (Å²) in [7, 11) is -3.09. The first-order valence-corrected chi connectivity index (χ1v) is 6.98. The second-order valence-corrected chi connectivity index (χ2v) is 5.35. The topological polar surface area (TPSA) is 49.4 Å². The fraction of sp³-hybridized carbons (Fsp3) is 0.800. The molecule has 0 rings (SSSR count). The highest BCUT2D eigenvalue weighted by Gasteiger charge is 2.17. The molecule has 0 aromatic heterocycles. The normalized spacial score (nSPS) is 11.9. The second kappa shape index (κ2) is 7.84. The molecule has 1 N–H and O–H groups in total. The van der Waals surface area contributed by atoms with Crippen LogP contribution in [0.3, 0.4) is 0 Å². The van der Waals surface area contributed by atoms with Crippen molar-refractivity contribution in [2.24, 2.45) is 0 Å². The summed E-state index contributed by atoms with van der Waals surface area (Å²) in [5.74, 6) is 0.210. The Morgan fingerprint density at radius 3 is 2.53 bits per heavy atom. The van der Waals surface area contributed by atoms with Crippen LogP contribution in [0.2, 0.25) is 0 Å². The van der Waals surface area contributed by atoms with Gasteiger partial charge in [-0.1, -0.05) is 19.9 Å².